The molecule has 5 heteroatoms. The Hall–Kier alpha value is -1.07. The highest BCUT2D eigenvalue weighted by Gasteiger charge is 2.17. The molecule has 1 N–H and O–H groups in total. The van der Waals surface area contributed by atoms with Crippen molar-refractivity contribution in [3.05, 3.63) is 12.3 Å². The van der Waals surface area contributed by atoms with Gasteiger partial charge in [0.1, 0.15) is 0 Å². The Balaban J connectivity index is 3.84. The summed E-state index contributed by atoms with van der Waals surface area (Å²) in [6, 6.07) is 0. The molecule has 0 heterocycles. The van der Waals surface area contributed by atoms with Crippen molar-refractivity contribution in [1.82, 2.24) is 0 Å². The Morgan fingerprint density at radius 1 is 1.53 bits per heavy atom. The maximum Gasteiger partial charge on any atom is 0.332 e. The zero-order valence-electron chi connectivity index (χ0n) is 9.30. The van der Waals surface area contributed by atoms with E-state index in [2.05, 4.69) is 4.74 Å². The minimum Gasteiger partial charge on any atom is -0.479 e. The van der Waals surface area contributed by atoms with Crippen molar-refractivity contribution >= 4 is 5.97 Å². The molecule has 15 heavy (non-hydrogen) atoms. The second-order valence-corrected chi connectivity index (χ2v) is 2.98. The summed E-state index contributed by atoms with van der Waals surface area (Å²) in [5, 5.41) is 8.73. The minimum atomic E-state index is -0.949. The molecular weight excluding hydrogens is 200 g/mol. The number of carbonyl (C=O) groups is 1. The molecular formula is C10H18O5. The van der Waals surface area contributed by atoms with Crippen LogP contribution in [0.5, 0.6) is 0 Å². The molecule has 2 unspecified atom stereocenters. The number of methoxy groups -OCH3 is 1. The Morgan fingerprint density at radius 3 is 2.67 bits per heavy atom. The van der Waals surface area contributed by atoms with Crippen molar-refractivity contribution in [1.29, 1.82) is 0 Å². The number of hydrogen-bond donors (Lipinski definition) is 1. The lowest BCUT2D eigenvalue weighted by molar-refractivity contribution is -0.152. The number of ether oxygens (including phenoxy) is 3. The van der Waals surface area contributed by atoms with Crippen LogP contribution in [0, 0.1) is 0 Å². The molecule has 0 bridgehead atoms. The van der Waals surface area contributed by atoms with Crippen LogP contribution in [-0.2, 0) is 19.0 Å². The maximum absolute atomic E-state index is 10.6. The first-order chi connectivity index (χ1) is 7.11. The van der Waals surface area contributed by atoms with Crippen LogP contribution in [0.1, 0.15) is 20.3 Å². The normalized spacial score (nSPS) is 15.1. The molecule has 0 aliphatic heterocycles. The molecule has 0 amide bonds. The van der Waals surface area contributed by atoms with E-state index < -0.39 is 12.1 Å². The van der Waals surface area contributed by atoms with Crippen molar-refractivity contribution < 1.29 is 24.1 Å². The van der Waals surface area contributed by atoms with E-state index in [1.807, 2.05) is 0 Å². The van der Waals surface area contributed by atoms with Crippen LogP contribution in [0.15, 0.2) is 12.3 Å². The van der Waals surface area contributed by atoms with Crippen molar-refractivity contribution in [2.24, 2.45) is 0 Å². The van der Waals surface area contributed by atoms with E-state index in [4.69, 9.17) is 14.6 Å². The van der Waals surface area contributed by atoms with Gasteiger partial charge in [0.15, 0.2) is 12.9 Å². The molecule has 0 rings (SSSR count). The van der Waals surface area contributed by atoms with Gasteiger partial charge in [0, 0.05) is 7.11 Å². The van der Waals surface area contributed by atoms with Gasteiger partial charge in [-0.05, 0) is 19.4 Å². The van der Waals surface area contributed by atoms with Gasteiger partial charge in [-0.2, -0.15) is 0 Å². The lowest BCUT2D eigenvalue weighted by Crippen LogP contribution is -2.26. The first-order valence-corrected chi connectivity index (χ1v) is 4.77. The first kappa shape index (κ1) is 13.9. The third kappa shape index (κ3) is 6.93. The fourth-order valence-electron chi connectivity index (χ4n) is 0.907. The average molecular weight is 218 g/mol. The predicted octanol–water partition coefficient (Wildman–Crippen LogP) is 1.39. The van der Waals surface area contributed by atoms with E-state index in [1.165, 1.54) is 13.4 Å². The second-order valence-electron chi connectivity index (χ2n) is 2.98. The van der Waals surface area contributed by atoms with Gasteiger partial charge >= 0.3 is 5.97 Å². The molecule has 0 aromatic rings. The highest BCUT2D eigenvalue weighted by Crippen LogP contribution is 2.04. The smallest absolute Gasteiger partial charge is 0.332 e. The van der Waals surface area contributed by atoms with E-state index in [-0.39, 0.29) is 12.9 Å². The van der Waals surface area contributed by atoms with Gasteiger partial charge in [0.25, 0.3) is 0 Å². The van der Waals surface area contributed by atoms with Crippen molar-refractivity contribution in [3.8, 4) is 0 Å². The molecule has 0 aromatic carbocycles. The fourth-order valence-corrected chi connectivity index (χ4v) is 0.907. The van der Waals surface area contributed by atoms with E-state index >= 15 is 0 Å². The third-order valence-electron chi connectivity index (χ3n) is 1.66. The third-order valence-corrected chi connectivity index (χ3v) is 1.66. The number of hydrogen-bond acceptors (Lipinski definition) is 4. The Bertz CT molecular complexity index is 202. The Labute approximate surface area is 89.6 Å². The van der Waals surface area contributed by atoms with Gasteiger partial charge in [-0.25, -0.2) is 4.79 Å². The van der Waals surface area contributed by atoms with Gasteiger partial charge in [-0.1, -0.05) is 6.92 Å². The maximum atomic E-state index is 10.6. The van der Waals surface area contributed by atoms with Gasteiger partial charge in [-0.3, -0.25) is 0 Å². The van der Waals surface area contributed by atoms with Crippen LogP contribution in [0.3, 0.4) is 0 Å². The molecule has 0 aliphatic carbocycles. The summed E-state index contributed by atoms with van der Waals surface area (Å²) in [4.78, 5) is 10.6. The lowest BCUT2D eigenvalue weighted by Gasteiger charge is -2.14. The highest BCUT2D eigenvalue weighted by atomic mass is 16.7. The summed E-state index contributed by atoms with van der Waals surface area (Å²) < 4.78 is 14.8. The number of aliphatic carboxylic acids is 1. The van der Waals surface area contributed by atoms with Crippen molar-refractivity contribution in [2.45, 2.75) is 32.5 Å². The van der Waals surface area contributed by atoms with Gasteiger partial charge < -0.3 is 19.3 Å². The van der Waals surface area contributed by atoms with Crippen LogP contribution < -0.4 is 0 Å². The van der Waals surface area contributed by atoms with Crippen molar-refractivity contribution in [3.63, 3.8) is 0 Å². The summed E-state index contributed by atoms with van der Waals surface area (Å²) >= 11 is 0. The number of carboxylic acids is 1. The molecule has 0 aromatic heterocycles. The standard InChI is InChI=1S/C10H18O5/c1-4-9(10(11)12)15-8(2)5-6-14-7-13-3/h5-6,8-9H,4,7H2,1-3H3,(H,11,12). The Kier molecular flexibility index (Phi) is 7.67. The molecule has 0 spiro atoms. The molecule has 5 nitrogen and oxygen atoms in total. The molecule has 88 valence electrons. The molecule has 0 saturated heterocycles. The molecule has 0 fully saturated rings. The SMILES string of the molecule is CCC(OC(C)C=COCOC)C(=O)O. The summed E-state index contributed by atoms with van der Waals surface area (Å²) in [6.45, 7) is 3.67. The monoisotopic (exact) mass is 218 g/mol. The number of rotatable bonds is 8. The van der Waals surface area contributed by atoms with Gasteiger partial charge in [0.2, 0.25) is 0 Å². The predicted molar refractivity (Wildman–Crippen MR) is 54.4 cm³/mol. The second kappa shape index (κ2) is 8.26. The number of carboxylic acid groups (broad SMARTS) is 1. The lowest BCUT2D eigenvalue weighted by atomic mass is 10.2. The van der Waals surface area contributed by atoms with Crippen molar-refractivity contribution in [2.75, 3.05) is 13.9 Å². The molecule has 0 radical (unpaired) electrons. The summed E-state index contributed by atoms with van der Waals surface area (Å²) in [5.41, 5.74) is 0. The quantitative estimate of drug-likeness (QED) is 0.379. The van der Waals surface area contributed by atoms with Crippen LogP contribution in [0.2, 0.25) is 0 Å². The summed E-state index contributed by atoms with van der Waals surface area (Å²) in [6.07, 6.45) is 2.43. The van der Waals surface area contributed by atoms with E-state index in [9.17, 15) is 4.79 Å². The molecule has 0 saturated carbocycles. The molecule has 2 atom stereocenters. The zero-order valence-corrected chi connectivity index (χ0v) is 9.30. The largest absolute Gasteiger partial charge is 0.479 e. The van der Waals surface area contributed by atoms with Crippen LogP contribution >= 0.6 is 0 Å². The highest BCUT2D eigenvalue weighted by molar-refractivity contribution is 5.72. The van der Waals surface area contributed by atoms with Crippen LogP contribution in [0.4, 0.5) is 0 Å². The van der Waals surface area contributed by atoms with E-state index in [1.54, 1.807) is 19.9 Å². The van der Waals surface area contributed by atoms with Gasteiger partial charge in [0.05, 0.1) is 12.4 Å². The van der Waals surface area contributed by atoms with E-state index in [0.29, 0.717) is 6.42 Å². The topological polar surface area (TPSA) is 65.0 Å². The first-order valence-electron chi connectivity index (χ1n) is 4.77. The Morgan fingerprint density at radius 2 is 2.20 bits per heavy atom. The zero-order chi connectivity index (χ0) is 11.7. The summed E-state index contributed by atoms with van der Waals surface area (Å²) in [5.74, 6) is -0.949. The summed E-state index contributed by atoms with van der Waals surface area (Å²) in [7, 11) is 1.52. The van der Waals surface area contributed by atoms with Crippen LogP contribution in [-0.4, -0.2) is 37.2 Å². The van der Waals surface area contributed by atoms with Gasteiger partial charge in [-0.15, -0.1) is 0 Å². The van der Waals surface area contributed by atoms with Crippen LogP contribution in [0.25, 0.3) is 0 Å². The minimum absolute atomic E-state index is 0.166. The van der Waals surface area contributed by atoms with E-state index in [0.717, 1.165) is 0 Å². The fraction of sp³-hybridized carbons (Fsp3) is 0.700. The average Bonchev–Trinajstić information content (AvgIpc) is 2.20. The molecule has 0 aliphatic rings.